The molecule has 2 unspecified atom stereocenters. The van der Waals surface area contributed by atoms with E-state index in [0.717, 1.165) is 6.54 Å². The van der Waals surface area contributed by atoms with Gasteiger partial charge in [-0.1, -0.05) is 6.92 Å². The van der Waals surface area contributed by atoms with Crippen LogP contribution in [0.5, 0.6) is 0 Å². The summed E-state index contributed by atoms with van der Waals surface area (Å²) < 4.78 is 12.5. The summed E-state index contributed by atoms with van der Waals surface area (Å²) in [5.74, 6) is 0. The van der Waals surface area contributed by atoms with Gasteiger partial charge in [0, 0.05) is 12.6 Å². The Morgan fingerprint density at radius 1 is 1.67 bits per heavy atom. The molecule has 0 amide bonds. The largest absolute Gasteiger partial charge is 0.328 e. The maximum absolute atomic E-state index is 12.5. The van der Waals surface area contributed by atoms with Crippen LogP contribution in [0.25, 0.3) is 0 Å². The molecule has 9 heavy (non-hydrogen) atoms. The summed E-state index contributed by atoms with van der Waals surface area (Å²) in [5.41, 5.74) is 5.09. The van der Waals surface area contributed by atoms with Crippen molar-refractivity contribution in [2.24, 2.45) is 5.73 Å². The van der Waals surface area contributed by atoms with E-state index in [1.165, 1.54) is 0 Å². The van der Waals surface area contributed by atoms with Crippen LogP contribution in [0.15, 0.2) is 0 Å². The maximum Gasteiger partial charge on any atom is 0.127 e. The van der Waals surface area contributed by atoms with Crippen molar-refractivity contribution < 1.29 is 4.39 Å². The fourth-order valence-electron chi connectivity index (χ4n) is 0.654. The third-order valence-corrected chi connectivity index (χ3v) is 1.29. The van der Waals surface area contributed by atoms with Crippen molar-refractivity contribution in [1.29, 1.82) is 0 Å². The van der Waals surface area contributed by atoms with Crippen molar-refractivity contribution in [3.8, 4) is 0 Å². The Bertz CT molecular complexity index is 68.1. The summed E-state index contributed by atoms with van der Waals surface area (Å²) >= 11 is 0. The second-order valence-electron chi connectivity index (χ2n) is 2.10. The fourth-order valence-corrected chi connectivity index (χ4v) is 0.654. The molecule has 3 heteroatoms. The molecule has 2 nitrogen and oxygen atoms in total. The summed E-state index contributed by atoms with van der Waals surface area (Å²) in [6.45, 7) is 4.64. The Hall–Kier alpha value is -0.150. The van der Waals surface area contributed by atoms with E-state index < -0.39 is 6.17 Å². The van der Waals surface area contributed by atoms with Gasteiger partial charge in [0.2, 0.25) is 0 Å². The van der Waals surface area contributed by atoms with Crippen LogP contribution in [0.1, 0.15) is 13.8 Å². The summed E-state index contributed by atoms with van der Waals surface area (Å²) in [6, 6.07) is -0.111. The Kier molecular flexibility index (Phi) is 4.62. The molecule has 0 rings (SSSR count). The van der Waals surface area contributed by atoms with Crippen LogP contribution in [0, 0.1) is 0 Å². The molecule has 0 bridgehead atoms. The first-order valence-corrected chi connectivity index (χ1v) is 3.29. The molecule has 0 heterocycles. The Morgan fingerprint density at radius 2 is 2.22 bits per heavy atom. The molecule has 0 aliphatic carbocycles. The van der Waals surface area contributed by atoms with Crippen molar-refractivity contribution in [1.82, 2.24) is 5.32 Å². The van der Waals surface area contributed by atoms with E-state index in [9.17, 15) is 4.39 Å². The molecule has 0 aromatic heterocycles. The van der Waals surface area contributed by atoms with Gasteiger partial charge in [-0.05, 0) is 13.5 Å². The van der Waals surface area contributed by atoms with E-state index in [0.29, 0.717) is 0 Å². The summed E-state index contributed by atoms with van der Waals surface area (Å²) in [4.78, 5) is 0. The molecule has 0 fully saturated rings. The van der Waals surface area contributed by atoms with Crippen molar-refractivity contribution in [2.75, 3.05) is 13.1 Å². The lowest BCUT2D eigenvalue weighted by molar-refractivity contribution is 0.270. The Morgan fingerprint density at radius 3 is 2.56 bits per heavy atom. The highest BCUT2D eigenvalue weighted by molar-refractivity contribution is 4.70. The number of hydrogen-bond donors (Lipinski definition) is 2. The first-order chi connectivity index (χ1) is 4.22. The van der Waals surface area contributed by atoms with Crippen LogP contribution < -0.4 is 11.1 Å². The first-order valence-electron chi connectivity index (χ1n) is 3.29. The van der Waals surface area contributed by atoms with Gasteiger partial charge >= 0.3 is 0 Å². The van der Waals surface area contributed by atoms with Gasteiger partial charge in [-0.25, -0.2) is 4.39 Å². The number of nitrogens with one attached hydrogen (secondary N) is 1. The molecule has 0 radical (unpaired) electrons. The van der Waals surface area contributed by atoms with Gasteiger partial charge in [0.15, 0.2) is 0 Å². The molecule has 56 valence electrons. The van der Waals surface area contributed by atoms with Gasteiger partial charge in [-0.2, -0.15) is 0 Å². The minimum absolute atomic E-state index is 0.105. The van der Waals surface area contributed by atoms with Crippen LogP contribution in [0.3, 0.4) is 0 Å². The smallest absolute Gasteiger partial charge is 0.127 e. The SMILES string of the molecule is CCNC(C)C(F)CN. The van der Waals surface area contributed by atoms with Crippen molar-refractivity contribution in [3.63, 3.8) is 0 Å². The molecular weight excluding hydrogens is 119 g/mol. The Balaban J connectivity index is 3.32. The lowest BCUT2D eigenvalue weighted by Gasteiger charge is -2.14. The van der Waals surface area contributed by atoms with Crippen LogP contribution in [0.4, 0.5) is 4.39 Å². The van der Waals surface area contributed by atoms with E-state index in [1.54, 1.807) is 6.92 Å². The zero-order valence-electron chi connectivity index (χ0n) is 6.02. The third kappa shape index (κ3) is 3.43. The van der Waals surface area contributed by atoms with Crippen molar-refractivity contribution >= 4 is 0 Å². The second-order valence-corrected chi connectivity index (χ2v) is 2.10. The monoisotopic (exact) mass is 134 g/mol. The topological polar surface area (TPSA) is 38.0 Å². The average molecular weight is 134 g/mol. The predicted molar refractivity (Wildman–Crippen MR) is 37.1 cm³/mol. The lowest BCUT2D eigenvalue weighted by Crippen LogP contribution is -2.38. The van der Waals surface area contributed by atoms with E-state index in [2.05, 4.69) is 5.32 Å². The van der Waals surface area contributed by atoms with E-state index in [4.69, 9.17) is 5.73 Å². The molecule has 0 aliphatic rings. The molecule has 3 N–H and O–H groups in total. The fraction of sp³-hybridized carbons (Fsp3) is 1.00. The number of hydrogen-bond acceptors (Lipinski definition) is 2. The first kappa shape index (κ1) is 8.85. The van der Waals surface area contributed by atoms with E-state index in [1.807, 2.05) is 6.92 Å². The summed E-state index contributed by atoms with van der Waals surface area (Å²) in [6.07, 6.45) is -0.912. The quantitative estimate of drug-likeness (QED) is 0.579. The lowest BCUT2D eigenvalue weighted by atomic mass is 10.2. The molecule has 2 atom stereocenters. The molecule has 0 spiro atoms. The van der Waals surface area contributed by atoms with E-state index >= 15 is 0 Å². The third-order valence-electron chi connectivity index (χ3n) is 1.29. The van der Waals surface area contributed by atoms with Gasteiger partial charge in [-0.3, -0.25) is 0 Å². The van der Waals surface area contributed by atoms with Crippen LogP contribution >= 0.6 is 0 Å². The predicted octanol–water partition coefficient (Wildman–Crippen LogP) is 0.281. The average Bonchev–Trinajstić information content (AvgIpc) is 1.87. The van der Waals surface area contributed by atoms with Crippen LogP contribution in [0.2, 0.25) is 0 Å². The molecule has 0 aromatic carbocycles. The van der Waals surface area contributed by atoms with Crippen molar-refractivity contribution in [3.05, 3.63) is 0 Å². The molecule has 0 saturated heterocycles. The van der Waals surface area contributed by atoms with Crippen molar-refractivity contribution in [2.45, 2.75) is 26.1 Å². The minimum Gasteiger partial charge on any atom is -0.328 e. The molecule has 0 aromatic rings. The van der Waals surface area contributed by atoms with Crippen LogP contribution in [-0.2, 0) is 0 Å². The zero-order chi connectivity index (χ0) is 7.28. The van der Waals surface area contributed by atoms with Gasteiger partial charge < -0.3 is 11.1 Å². The summed E-state index contributed by atoms with van der Waals surface area (Å²) in [5, 5.41) is 2.94. The minimum atomic E-state index is -0.912. The summed E-state index contributed by atoms with van der Waals surface area (Å²) in [7, 11) is 0. The highest BCUT2D eigenvalue weighted by Crippen LogP contribution is 1.94. The number of halogens is 1. The zero-order valence-corrected chi connectivity index (χ0v) is 6.02. The van der Waals surface area contributed by atoms with Gasteiger partial charge in [0.05, 0.1) is 0 Å². The molecule has 0 aliphatic heterocycles. The maximum atomic E-state index is 12.5. The van der Waals surface area contributed by atoms with Gasteiger partial charge in [-0.15, -0.1) is 0 Å². The van der Waals surface area contributed by atoms with Crippen LogP contribution in [-0.4, -0.2) is 25.3 Å². The molecular formula is C6H15FN2. The Labute approximate surface area is 55.6 Å². The van der Waals surface area contributed by atoms with E-state index in [-0.39, 0.29) is 12.6 Å². The highest BCUT2D eigenvalue weighted by Gasteiger charge is 2.11. The number of nitrogens with two attached hydrogens (primary N) is 1. The second kappa shape index (κ2) is 4.70. The normalized spacial score (nSPS) is 17.3. The number of rotatable bonds is 4. The van der Waals surface area contributed by atoms with Gasteiger partial charge in [0.25, 0.3) is 0 Å². The van der Waals surface area contributed by atoms with Gasteiger partial charge in [0.1, 0.15) is 6.17 Å². The highest BCUT2D eigenvalue weighted by atomic mass is 19.1. The molecule has 0 saturated carbocycles. The number of alkyl halides is 1. The standard InChI is InChI=1S/C6H15FN2/c1-3-9-5(2)6(7)4-8/h5-6,9H,3-4,8H2,1-2H3.